The van der Waals surface area contributed by atoms with Gasteiger partial charge in [0.2, 0.25) is 0 Å². The second-order valence-electron chi connectivity index (χ2n) is 8.65. The molecule has 1 aromatic carbocycles. The molecule has 34 heavy (non-hydrogen) atoms. The zero-order valence-corrected chi connectivity index (χ0v) is 20.3. The topological polar surface area (TPSA) is 67.8 Å². The number of halogens is 3. The number of hydrogen-bond acceptors (Lipinski definition) is 5. The molecule has 9 heteroatoms. The average Bonchev–Trinajstić information content (AvgIpc) is 2.78. The molecule has 4 rings (SSSR count). The van der Waals surface area contributed by atoms with Gasteiger partial charge in [-0.25, -0.2) is 18.2 Å². The van der Waals surface area contributed by atoms with E-state index in [0.29, 0.717) is 33.4 Å². The van der Waals surface area contributed by atoms with E-state index < -0.39 is 30.6 Å². The van der Waals surface area contributed by atoms with Crippen molar-refractivity contribution in [3.63, 3.8) is 0 Å². The Morgan fingerprint density at radius 2 is 1.74 bits per heavy atom. The van der Waals surface area contributed by atoms with Crippen LogP contribution in [0.5, 0.6) is 0 Å². The minimum atomic E-state index is -2.56. The third-order valence-corrected chi connectivity index (χ3v) is 7.15. The Labute approximate surface area is 195 Å². The van der Waals surface area contributed by atoms with Gasteiger partial charge in [0, 0.05) is 29.1 Å². The number of rotatable bonds is 5. The normalized spacial score (nSPS) is 12.7. The first-order valence-electron chi connectivity index (χ1n) is 10.7. The van der Waals surface area contributed by atoms with Crippen molar-refractivity contribution in [2.45, 2.75) is 26.8 Å². The fraction of sp³-hybridized carbons (Fsp3) is 0.240. The molecule has 176 valence electrons. The summed E-state index contributed by atoms with van der Waals surface area (Å²) < 4.78 is 55.5. The van der Waals surface area contributed by atoms with Crippen molar-refractivity contribution < 1.29 is 17.7 Å². The highest BCUT2D eigenvalue weighted by molar-refractivity contribution is 7.69. The van der Waals surface area contributed by atoms with Crippen LogP contribution in [0.2, 0.25) is 0 Å². The molecule has 1 N–H and O–H groups in total. The van der Waals surface area contributed by atoms with Gasteiger partial charge in [0.25, 0.3) is 0 Å². The molecule has 0 bridgehead atoms. The van der Waals surface area contributed by atoms with Gasteiger partial charge in [-0.2, -0.15) is 0 Å². The molecule has 0 amide bonds. The Morgan fingerprint density at radius 3 is 2.38 bits per heavy atom. The van der Waals surface area contributed by atoms with Gasteiger partial charge < -0.3 is 9.88 Å². The molecule has 4 aromatic rings. The molecule has 5 nitrogen and oxygen atoms in total. The molecular formula is C25H24F3N4OP. The van der Waals surface area contributed by atoms with E-state index >= 15 is 4.39 Å². The molecular weight excluding hydrogens is 460 g/mol. The van der Waals surface area contributed by atoms with E-state index in [9.17, 15) is 13.3 Å². The van der Waals surface area contributed by atoms with Crippen LogP contribution in [0, 0.1) is 31.3 Å². The molecule has 0 aliphatic rings. The van der Waals surface area contributed by atoms with Gasteiger partial charge in [-0.3, -0.25) is 9.97 Å². The van der Waals surface area contributed by atoms with Crippen LogP contribution in [-0.2, 0) is 4.57 Å². The first-order chi connectivity index (χ1) is 16.0. The summed E-state index contributed by atoms with van der Waals surface area (Å²) >= 11 is 0. The second-order valence-corrected chi connectivity index (χ2v) is 11.8. The van der Waals surface area contributed by atoms with Gasteiger partial charge in [-0.15, -0.1) is 0 Å². The maximum Gasteiger partial charge on any atom is 0.164 e. The Hall–Kier alpha value is -3.25. The van der Waals surface area contributed by atoms with Gasteiger partial charge >= 0.3 is 0 Å². The predicted molar refractivity (Wildman–Crippen MR) is 130 cm³/mol. The zero-order valence-electron chi connectivity index (χ0n) is 19.4. The van der Waals surface area contributed by atoms with Crippen molar-refractivity contribution in [3.8, 4) is 11.3 Å². The lowest BCUT2D eigenvalue weighted by Crippen LogP contribution is -2.12. The second kappa shape index (κ2) is 8.84. The van der Waals surface area contributed by atoms with Crippen LogP contribution in [0.25, 0.3) is 22.3 Å². The maximum absolute atomic E-state index is 15.0. The first-order valence-corrected chi connectivity index (χ1v) is 13.3. The zero-order chi connectivity index (χ0) is 24.8. The molecule has 3 aromatic heterocycles. The molecule has 0 radical (unpaired) electrons. The van der Waals surface area contributed by atoms with Crippen molar-refractivity contribution >= 4 is 29.3 Å². The van der Waals surface area contributed by atoms with Gasteiger partial charge in [-0.05, 0) is 57.9 Å². The van der Waals surface area contributed by atoms with Gasteiger partial charge in [-0.1, -0.05) is 12.1 Å². The van der Waals surface area contributed by atoms with Crippen molar-refractivity contribution in [1.29, 1.82) is 0 Å². The van der Waals surface area contributed by atoms with E-state index in [2.05, 4.69) is 20.3 Å². The molecule has 0 fully saturated rings. The van der Waals surface area contributed by atoms with Crippen molar-refractivity contribution in [2.24, 2.45) is 0 Å². The number of aromatic nitrogens is 3. The summed E-state index contributed by atoms with van der Waals surface area (Å²) in [4.78, 5) is 13.2. The number of hydrogen-bond donors (Lipinski definition) is 1. The minimum Gasteiger partial charge on any atom is -0.376 e. The first kappa shape index (κ1) is 23.9. The highest BCUT2D eigenvalue weighted by Crippen LogP contribution is 2.35. The van der Waals surface area contributed by atoms with Crippen LogP contribution >= 0.6 is 7.14 Å². The van der Waals surface area contributed by atoms with E-state index in [-0.39, 0.29) is 11.3 Å². The van der Waals surface area contributed by atoms with Gasteiger partial charge in [0.05, 0.1) is 22.7 Å². The molecule has 0 unspecified atom stereocenters. The number of nitrogens with zero attached hydrogens (tertiary/aromatic N) is 3. The highest BCUT2D eigenvalue weighted by Gasteiger charge is 2.21. The van der Waals surface area contributed by atoms with E-state index in [1.807, 2.05) is 6.92 Å². The number of anilines is 1. The average molecular weight is 484 g/mol. The summed E-state index contributed by atoms with van der Waals surface area (Å²) in [5.74, 6) is -2.44. The van der Waals surface area contributed by atoms with Crippen LogP contribution < -0.4 is 10.8 Å². The molecule has 0 saturated heterocycles. The SMILES string of the molecule is Cc1nc2cc(F)c(-c3ccc(P(C)(C)=O)nc3)nc2c(N[C@H](C)c2cccc(F)c2F)c1C. The minimum absolute atomic E-state index is 0.0614. The number of benzene rings is 1. The Balaban J connectivity index is 1.84. The van der Waals surface area contributed by atoms with Crippen LogP contribution in [0.4, 0.5) is 18.9 Å². The molecule has 0 spiro atoms. The summed E-state index contributed by atoms with van der Waals surface area (Å²) in [6, 6.07) is 7.95. The summed E-state index contributed by atoms with van der Waals surface area (Å²) in [6.45, 7) is 8.55. The number of nitrogens with one attached hydrogen (secondary N) is 1. The van der Waals surface area contributed by atoms with Crippen LogP contribution in [0.1, 0.15) is 29.8 Å². The smallest absolute Gasteiger partial charge is 0.164 e. The molecule has 3 heterocycles. The van der Waals surface area contributed by atoms with Crippen LogP contribution in [-0.4, -0.2) is 28.3 Å². The van der Waals surface area contributed by atoms with Gasteiger partial charge in [0.15, 0.2) is 17.5 Å². The number of aryl methyl sites for hydroxylation is 1. The largest absolute Gasteiger partial charge is 0.376 e. The molecule has 0 saturated carbocycles. The number of pyridine rings is 3. The van der Waals surface area contributed by atoms with Gasteiger partial charge in [0.1, 0.15) is 18.4 Å². The summed E-state index contributed by atoms with van der Waals surface area (Å²) in [5, 5.41) is 3.22. The van der Waals surface area contributed by atoms with Crippen LogP contribution in [0.15, 0.2) is 42.6 Å². The van der Waals surface area contributed by atoms with Crippen molar-refractivity contribution in [2.75, 3.05) is 18.6 Å². The summed E-state index contributed by atoms with van der Waals surface area (Å²) in [5.41, 5.74) is 3.77. The Morgan fingerprint density at radius 1 is 1.00 bits per heavy atom. The van der Waals surface area contributed by atoms with E-state index in [0.717, 1.165) is 11.6 Å². The Bertz CT molecular complexity index is 1450. The fourth-order valence-corrected chi connectivity index (χ4v) is 4.51. The lowest BCUT2D eigenvalue weighted by Gasteiger charge is -2.21. The highest BCUT2D eigenvalue weighted by atomic mass is 31.2. The quantitative estimate of drug-likeness (QED) is 0.344. The third kappa shape index (κ3) is 4.42. The van der Waals surface area contributed by atoms with Crippen LogP contribution in [0.3, 0.4) is 0 Å². The third-order valence-electron chi connectivity index (χ3n) is 5.78. The monoisotopic (exact) mass is 484 g/mol. The fourth-order valence-electron chi connectivity index (χ4n) is 3.74. The lowest BCUT2D eigenvalue weighted by atomic mass is 10.0. The van der Waals surface area contributed by atoms with Crippen molar-refractivity contribution in [1.82, 2.24) is 15.0 Å². The lowest BCUT2D eigenvalue weighted by molar-refractivity contribution is 0.494. The van der Waals surface area contributed by atoms with E-state index in [4.69, 9.17) is 0 Å². The van der Waals surface area contributed by atoms with E-state index in [1.54, 1.807) is 39.3 Å². The molecule has 0 aliphatic carbocycles. The standard InChI is InChI=1S/C25H24F3N4OP/c1-13-14(2)30-20-11-19(27)24(16-9-10-21(29-12-16)34(4,5)33)32-25(20)23(13)31-15(3)17-7-6-8-18(26)22(17)28/h6-12,15H,1-5H3,(H,30,31)/t15-/m1/s1. The molecule has 1 atom stereocenters. The molecule has 0 aliphatic heterocycles. The van der Waals surface area contributed by atoms with Crippen molar-refractivity contribution in [3.05, 3.63) is 76.9 Å². The number of fused-ring (bicyclic) bond motifs is 1. The maximum atomic E-state index is 15.0. The predicted octanol–water partition coefficient (Wildman–Crippen LogP) is 6.15. The van der Waals surface area contributed by atoms with E-state index in [1.165, 1.54) is 24.4 Å². The summed E-state index contributed by atoms with van der Waals surface area (Å²) in [6.07, 6.45) is 1.44. The summed E-state index contributed by atoms with van der Waals surface area (Å²) in [7, 11) is -2.56. The Kier molecular flexibility index (Phi) is 6.21.